The van der Waals surface area contributed by atoms with Gasteiger partial charge in [0.1, 0.15) is 71.8 Å². The van der Waals surface area contributed by atoms with Gasteiger partial charge in [-0.15, -0.1) is 24.8 Å². The number of nitrogen functional groups attached to an aromatic ring is 1. The number of nitrogens with zero attached hydrogens (tertiary/aromatic N) is 8. The van der Waals surface area contributed by atoms with Crippen LogP contribution in [0, 0.1) is 43.5 Å². The van der Waals surface area contributed by atoms with Crippen LogP contribution in [0.25, 0.3) is 32.7 Å². The summed E-state index contributed by atoms with van der Waals surface area (Å²) in [6, 6.07) is 20.6. The van der Waals surface area contributed by atoms with E-state index in [0.29, 0.717) is 75.2 Å². The summed E-state index contributed by atoms with van der Waals surface area (Å²) in [5.41, 5.74) is 8.44. The Balaban J connectivity index is 0.000000320. The Hall–Kier alpha value is -6.67. The quantitative estimate of drug-likeness (QED) is 0.0175. The summed E-state index contributed by atoms with van der Waals surface area (Å²) in [6.07, 6.45) is 3.05. The fraction of sp³-hybridized carbons (Fsp3) is 0.222. The third kappa shape index (κ3) is 22.4. The summed E-state index contributed by atoms with van der Waals surface area (Å²) >= 11 is 16.5. The average Bonchev–Trinajstić information content (AvgIpc) is 1.07. The minimum atomic E-state index is -0.989. The zero-order valence-corrected chi connectivity index (χ0v) is 55.0. The van der Waals surface area contributed by atoms with Crippen molar-refractivity contribution in [1.29, 1.82) is 0 Å². The molecule has 3 heterocycles. The van der Waals surface area contributed by atoms with Crippen molar-refractivity contribution in [3.8, 4) is 11.5 Å². The Morgan fingerprint density at radius 2 is 0.875 bits per heavy atom. The minimum absolute atomic E-state index is 0. The summed E-state index contributed by atoms with van der Waals surface area (Å²) in [6.45, 7) is 6.46. The van der Waals surface area contributed by atoms with E-state index in [2.05, 4.69) is 50.6 Å². The number of nitro groups is 2. The monoisotopic (exact) mass is 1470 g/mol. The molecule has 3 aromatic heterocycles. The Morgan fingerprint density at radius 3 is 1.22 bits per heavy atom. The predicted octanol–water partition coefficient (Wildman–Crippen LogP) is 14.7. The number of rotatable bonds is 18. The number of aliphatic hydroxyl groups excluding tert-OH is 1. The molecule has 470 valence electrons. The van der Waals surface area contributed by atoms with Crippen molar-refractivity contribution in [1.82, 2.24) is 29.9 Å². The Morgan fingerprint density at radius 1 is 0.534 bits per heavy atom. The maximum absolute atomic E-state index is 13.6. The normalized spacial score (nSPS) is 11.4. The number of ether oxygens (including phenoxy) is 5. The maximum atomic E-state index is 13.6. The summed E-state index contributed by atoms with van der Waals surface area (Å²) in [5, 5.41) is 41.0. The number of hydrogen-bond donors (Lipinski definition) is 5. The number of halogens is 11. The Kier molecular flexibility index (Phi) is 32.1. The molecule has 0 amide bonds. The zero-order valence-electron chi connectivity index (χ0n) is 46.7. The third-order valence-corrected chi connectivity index (χ3v) is 11.9. The van der Waals surface area contributed by atoms with Crippen molar-refractivity contribution >= 4 is 181 Å². The second-order valence-electron chi connectivity index (χ2n) is 17.7. The van der Waals surface area contributed by atoms with Crippen LogP contribution < -0.4 is 31.2 Å². The number of nitrogens with one attached hydrogen (secondary N) is 3. The van der Waals surface area contributed by atoms with Crippen LogP contribution in [-0.2, 0) is 14.2 Å². The molecule has 34 heteroatoms. The van der Waals surface area contributed by atoms with Crippen molar-refractivity contribution in [2.45, 2.75) is 39.1 Å². The molecule has 9 aromatic rings. The first-order chi connectivity index (χ1) is 41.0. The number of fused-ring (bicyclic) bond motifs is 3. The fourth-order valence-electron chi connectivity index (χ4n) is 7.36. The van der Waals surface area contributed by atoms with Gasteiger partial charge in [0.15, 0.2) is 5.75 Å². The van der Waals surface area contributed by atoms with Gasteiger partial charge in [0.2, 0.25) is 5.82 Å². The second kappa shape index (κ2) is 37.4. The number of nitro benzene ring substituents is 2. The number of aliphatic hydroxyl groups is 1. The summed E-state index contributed by atoms with van der Waals surface area (Å²) in [4.78, 5) is 45.7. The number of nitrogens with two attached hydrogens (primary N) is 1. The van der Waals surface area contributed by atoms with E-state index in [1.54, 1.807) is 46.3 Å². The summed E-state index contributed by atoms with van der Waals surface area (Å²) < 4.78 is 79.5. The first-order valence-electron chi connectivity index (χ1n) is 24.7. The second-order valence-corrected chi connectivity index (χ2v) is 23.1. The molecule has 0 bridgehead atoms. The molecule has 3 atom stereocenters. The molecular formula is C54H53Cl7F4N12O10Sn. The van der Waals surface area contributed by atoms with Gasteiger partial charge in [-0.05, 0) is 81.4 Å². The third-order valence-electron chi connectivity index (χ3n) is 11.0. The molecular weight excluding hydrogens is 1420 g/mol. The van der Waals surface area contributed by atoms with E-state index in [9.17, 15) is 37.8 Å². The van der Waals surface area contributed by atoms with Crippen molar-refractivity contribution in [2.24, 2.45) is 0 Å². The molecule has 6 aromatic carbocycles. The standard InChI is InChI=1S/C18H16ClFN4O4.C18H18ClFN4O2.C14H7ClF2N4O2.C4H10O2.4ClH.Sn/c1-10(8-27-2)28-17-7-15-12(6-16(17)24(25)26)18(22-9-21-15)23-11-3-4-14(20)13(19)5-11;1-10(8-25-2)26-17-7-16-12(6-15(17)21)18(23-9-22-16)24-11-3-4-14(20)13(19)5-11;15-9-3-7(1-2-10(9)16)20-14-8-4-13(21(22)23)11(17)5-12(8)18-6-19-14;1-4(5)3-6-2;;;;;/h3-7,9-10H,8H2,1-2H3,(H,21,22,23);3-7,9-10H,8,21H2,1-2H3,(H,22,23,24);1-6H,(H,18,19,20);4-5H,3H2,1-2H3;4*1H;/q;;;;;;;;+2/p-2/t2*10-;;4-;;;;;/m11.1...../s1. The van der Waals surface area contributed by atoms with Crippen LogP contribution in [0.15, 0.2) is 110 Å². The first kappa shape index (κ1) is 75.6. The van der Waals surface area contributed by atoms with Crippen LogP contribution >= 0.6 is 77.5 Å². The fourth-order valence-corrected chi connectivity index (χ4v) is 7.90. The van der Waals surface area contributed by atoms with Crippen molar-refractivity contribution in [3.05, 3.63) is 169 Å². The van der Waals surface area contributed by atoms with E-state index in [-0.39, 0.29) is 93.0 Å². The van der Waals surface area contributed by atoms with Gasteiger partial charge in [0, 0.05) is 74.1 Å². The molecule has 0 unspecified atom stereocenters. The van der Waals surface area contributed by atoms with Crippen LogP contribution in [-0.4, -0.2) is 123 Å². The van der Waals surface area contributed by atoms with Gasteiger partial charge >= 0.3 is 48.1 Å². The average molecular weight is 1470 g/mol. The van der Waals surface area contributed by atoms with Gasteiger partial charge in [0.05, 0.1) is 83.8 Å². The van der Waals surface area contributed by atoms with Gasteiger partial charge in [-0.1, -0.05) is 34.8 Å². The molecule has 0 saturated carbocycles. The number of anilines is 7. The van der Waals surface area contributed by atoms with Crippen molar-refractivity contribution in [2.75, 3.05) is 62.8 Å². The van der Waals surface area contributed by atoms with Crippen LogP contribution in [0.5, 0.6) is 11.5 Å². The number of benzene rings is 6. The zero-order chi connectivity index (χ0) is 63.2. The topological polar surface area (TPSA) is 292 Å². The van der Waals surface area contributed by atoms with E-state index >= 15 is 0 Å². The first-order valence-corrected chi connectivity index (χ1v) is 33.0. The summed E-state index contributed by atoms with van der Waals surface area (Å²) in [7, 11) is 14.6. The molecule has 0 spiro atoms. The SMILES string of the molecule is COC[C@@H](C)O.COC[C@@H](C)Oc1cc2ncnc(Nc3ccc(F)c(Cl)c3)c2cc1N.COC[C@@H](C)Oc1cc2ncnc(Nc3ccc(F)c(Cl)c3)c2cc1[N+](=O)[O-].Cl.Cl.O=[N+]([O-])c1cc2c(Nc3ccc(F)c(Cl)c3)ncnc2cc1F.[Cl][Sn][Cl]. The molecule has 0 fully saturated rings. The van der Waals surface area contributed by atoms with E-state index in [4.69, 9.17) is 82.4 Å². The molecule has 2 radical (unpaired) electrons. The molecule has 6 N–H and O–H groups in total. The van der Waals surface area contributed by atoms with Crippen LogP contribution in [0.2, 0.25) is 15.1 Å². The van der Waals surface area contributed by atoms with Gasteiger partial charge in [-0.25, -0.2) is 43.1 Å². The molecule has 0 aliphatic rings. The predicted molar refractivity (Wildman–Crippen MR) is 340 cm³/mol. The van der Waals surface area contributed by atoms with E-state index < -0.39 is 57.7 Å². The van der Waals surface area contributed by atoms with E-state index in [0.717, 1.165) is 18.2 Å². The van der Waals surface area contributed by atoms with Gasteiger partial charge in [0.25, 0.3) is 0 Å². The van der Waals surface area contributed by atoms with E-state index in [1.807, 2.05) is 6.92 Å². The Labute approximate surface area is 544 Å². The van der Waals surface area contributed by atoms with Crippen LogP contribution in [0.3, 0.4) is 0 Å². The van der Waals surface area contributed by atoms with E-state index in [1.165, 1.54) is 80.7 Å². The van der Waals surface area contributed by atoms with Gasteiger partial charge < -0.3 is 50.5 Å². The van der Waals surface area contributed by atoms with Gasteiger partial charge in [-0.3, -0.25) is 20.2 Å². The number of hydrogen-bond acceptors (Lipinski definition) is 20. The molecule has 0 saturated heterocycles. The van der Waals surface area contributed by atoms with Gasteiger partial charge in [-0.2, -0.15) is 4.39 Å². The molecule has 22 nitrogen and oxygen atoms in total. The molecule has 88 heavy (non-hydrogen) atoms. The summed E-state index contributed by atoms with van der Waals surface area (Å²) in [5.74, 6) is -0.954. The molecule has 0 aliphatic carbocycles. The number of methoxy groups -OCH3 is 3. The van der Waals surface area contributed by atoms with Crippen LogP contribution in [0.4, 0.5) is 69.1 Å². The Bertz CT molecular complexity index is 3800. The van der Waals surface area contributed by atoms with Crippen LogP contribution in [0.1, 0.15) is 20.8 Å². The molecule has 9 rings (SSSR count). The number of aromatic nitrogens is 6. The van der Waals surface area contributed by atoms with Crippen molar-refractivity contribution < 1.29 is 56.2 Å². The van der Waals surface area contributed by atoms with Crippen molar-refractivity contribution in [3.63, 3.8) is 0 Å². The molecule has 0 aliphatic heterocycles.